The van der Waals surface area contributed by atoms with Gasteiger partial charge in [-0.2, -0.15) is 5.92 Å². The SMILES string of the molecule is [CH2-]C1CCCN(C(=O)OC(C)(C)C)C1.[Zn]. The topological polar surface area (TPSA) is 29.5 Å². The quantitative estimate of drug-likeness (QED) is 0.496. The van der Waals surface area contributed by atoms with E-state index in [1.165, 1.54) is 0 Å². The molecule has 0 aromatic carbocycles. The summed E-state index contributed by atoms with van der Waals surface area (Å²) in [6.45, 7) is 11.2. The zero-order valence-electron chi connectivity index (χ0n) is 10.1. The van der Waals surface area contributed by atoms with Crippen LogP contribution in [0.2, 0.25) is 0 Å². The maximum Gasteiger partial charge on any atom is 0.410 e. The van der Waals surface area contributed by atoms with Gasteiger partial charge in [-0.1, -0.05) is 6.42 Å². The van der Waals surface area contributed by atoms with Gasteiger partial charge in [0.25, 0.3) is 0 Å². The summed E-state index contributed by atoms with van der Waals surface area (Å²) >= 11 is 0. The molecule has 0 radical (unpaired) electrons. The summed E-state index contributed by atoms with van der Waals surface area (Å²) in [5, 5.41) is 0. The molecule has 4 heteroatoms. The Bertz CT molecular complexity index is 213. The van der Waals surface area contributed by atoms with Crippen molar-refractivity contribution in [2.45, 2.75) is 39.2 Å². The first-order valence-electron chi connectivity index (χ1n) is 5.19. The Balaban J connectivity index is 0.00000196. The van der Waals surface area contributed by atoms with Crippen LogP contribution < -0.4 is 0 Å². The molecular formula is C11H20NO2Zn-. The average Bonchev–Trinajstić information content (AvgIpc) is 2.01. The van der Waals surface area contributed by atoms with Crippen LogP contribution in [0.3, 0.4) is 0 Å². The molecule has 0 aliphatic carbocycles. The van der Waals surface area contributed by atoms with Gasteiger partial charge in [-0.3, -0.25) is 0 Å². The van der Waals surface area contributed by atoms with Crippen molar-refractivity contribution in [3.8, 4) is 0 Å². The molecule has 15 heavy (non-hydrogen) atoms. The molecule has 0 N–H and O–H groups in total. The fourth-order valence-electron chi connectivity index (χ4n) is 1.56. The Morgan fingerprint density at radius 3 is 2.53 bits per heavy atom. The molecule has 1 saturated heterocycles. The molecule has 0 saturated carbocycles. The molecule has 1 atom stereocenters. The maximum atomic E-state index is 11.6. The monoisotopic (exact) mass is 262 g/mol. The molecule has 3 nitrogen and oxygen atoms in total. The van der Waals surface area contributed by atoms with E-state index in [0.29, 0.717) is 5.92 Å². The van der Waals surface area contributed by atoms with Crippen LogP contribution >= 0.6 is 0 Å². The fraction of sp³-hybridized carbons (Fsp3) is 0.818. The third-order valence-corrected chi connectivity index (χ3v) is 2.17. The Morgan fingerprint density at radius 2 is 2.07 bits per heavy atom. The first kappa shape index (κ1) is 14.9. The van der Waals surface area contributed by atoms with Gasteiger partial charge in [-0.15, -0.1) is 0 Å². The van der Waals surface area contributed by atoms with Gasteiger partial charge in [0.05, 0.1) is 0 Å². The average molecular weight is 264 g/mol. The van der Waals surface area contributed by atoms with E-state index >= 15 is 0 Å². The second-order valence-electron chi connectivity index (χ2n) is 4.93. The molecule has 1 aliphatic heterocycles. The number of likely N-dealkylation sites (tertiary alicyclic amines) is 1. The number of hydrogen-bond acceptors (Lipinski definition) is 2. The number of nitrogens with zero attached hydrogens (tertiary/aromatic N) is 1. The van der Waals surface area contributed by atoms with Crippen molar-refractivity contribution in [2.24, 2.45) is 5.92 Å². The smallest absolute Gasteiger partial charge is 0.410 e. The number of ether oxygens (including phenoxy) is 1. The molecule has 0 aromatic heterocycles. The summed E-state index contributed by atoms with van der Waals surface area (Å²) in [7, 11) is 0. The van der Waals surface area contributed by atoms with Crippen molar-refractivity contribution < 1.29 is 29.0 Å². The molecule has 1 aliphatic rings. The number of piperidine rings is 1. The number of hydrogen-bond donors (Lipinski definition) is 0. The number of carbonyl (C=O) groups excluding carboxylic acids is 1. The summed E-state index contributed by atoms with van der Waals surface area (Å²) in [4.78, 5) is 13.4. The molecule has 1 unspecified atom stereocenters. The Labute approximate surface area is 105 Å². The van der Waals surface area contributed by atoms with Gasteiger partial charge >= 0.3 is 6.09 Å². The van der Waals surface area contributed by atoms with E-state index in [0.717, 1.165) is 25.9 Å². The van der Waals surface area contributed by atoms with Crippen molar-refractivity contribution in [1.82, 2.24) is 4.90 Å². The zero-order chi connectivity index (χ0) is 10.8. The van der Waals surface area contributed by atoms with E-state index < -0.39 is 5.60 Å². The number of amides is 1. The fourth-order valence-corrected chi connectivity index (χ4v) is 1.56. The second-order valence-corrected chi connectivity index (χ2v) is 4.93. The summed E-state index contributed by atoms with van der Waals surface area (Å²) in [6, 6.07) is 0. The van der Waals surface area contributed by atoms with Gasteiger partial charge in [0.15, 0.2) is 0 Å². The van der Waals surface area contributed by atoms with Gasteiger partial charge in [0, 0.05) is 26.0 Å². The second kappa shape index (κ2) is 5.84. The van der Waals surface area contributed by atoms with E-state index in [1.807, 2.05) is 20.8 Å². The van der Waals surface area contributed by atoms with Gasteiger partial charge in [-0.05, 0) is 33.7 Å². The Morgan fingerprint density at radius 1 is 1.47 bits per heavy atom. The predicted octanol–water partition coefficient (Wildman–Crippen LogP) is 2.47. The third-order valence-electron chi connectivity index (χ3n) is 2.17. The van der Waals surface area contributed by atoms with Gasteiger partial charge in [0.1, 0.15) is 5.60 Å². The molecule has 1 fully saturated rings. The van der Waals surface area contributed by atoms with Gasteiger partial charge in [-0.25, -0.2) is 4.79 Å². The summed E-state index contributed by atoms with van der Waals surface area (Å²) < 4.78 is 5.28. The van der Waals surface area contributed by atoms with Gasteiger partial charge < -0.3 is 16.6 Å². The Hall–Kier alpha value is -0.107. The standard InChI is InChI=1S/C11H20NO2.Zn/c1-9-6-5-7-12(8-9)10(13)14-11(2,3)4;/h9H,1,5-8H2,2-4H3;/q-1;. The minimum atomic E-state index is -0.398. The van der Waals surface area contributed by atoms with Crippen LogP contribution in [-0.2, 0) is 24.2 Å². The van der Waals surface area contributed by atoms with Crippen LogP contribution in [-0.4, -0.2) is 29.7 Å². The van der Waals surface area contributed by atoms with E-state index in [9.17, 15) is 4.79 Å². The Kier molecular flexibility index (Phi) is 5.79. The van der Waals surface area contributed by atoms with Gasteiger partial charge in [0.2, 0.25) is 0 Å². The molecule has 1 heterocycles. The van der Waals surface area contributed by atoms with Crippen LogP contribution in [0.15, 0.2) is 0 Å². The largest absolute Gasteiger partial charge is 0.444 e. The summed E-state index contributed by atoms with van der Waals surface area (Å²) in [6.07, 6.45) is 1.94. The minimum Gasteiger partial charge on any atom is -0.444 e. The molecule has 0 bridgehead atoms. The summed E-state index contributed by atoms with van der Waals surface area (Å²) in [5.41, 5.74) is -0.398. The molecular weight excluding hydrogens is 244 g/mol. The van der Waals surface area contributed by atoms with E-state index in [4.69, 9.17) is 4.74 Å². The van der Waals surface area contributed by atoms with Crippen LogP contribution in [0.25, 0.3) is 0 Å². The van der Waals surface area contributed by atoms with Crippen molar-refractivity contribution >= 4 is 6.09 Å². The number of rotatable bonds is 0. The third kappa shape index (κ3) is 5.51. The molecule has 0 spiro atoms. The first-order valence-corrected chi connectivity index (χ1v) is 5.19. The van der Waals surface area contributed by atoms with Crippen molar-refractivity contribution in [1.29, 1.82) is 0 Å². The van der Waals surface area contributed by atoms with Crippen molar-refractivity contribution in [3.05, 3.63) is 6.92 Å². The molecule has 1 rings (SSSR count). The zero-order valence-corrected chi connectivity index (χ0v) is 13.1. The molecule has 1 amide bonds. The van der Waals surface area contributed by atoms with Crippen LogP contribution in [0, 0.1) is 12.8 Å². The minimum absolute atomic E-state index is 0. The van der Waals surface area contributed by atoms with E-state index in [1.54, 1.807) is 4.90 Å². The summed E-state index contributed by atoms with van der Waals surface area (Å²) in [5.74, 6) is 0.358. The normalized spacial score (nSPS) is 21.9. The van der Waals surface area contributed by atoms with E-state index in [-0.39, 0.29) is 25.6 Å². The number of carbonyl (C=O) groups is 1. The van der Waals surface area contributed by atoms with Crippen LogP contribution in [0.4, 0.5) is 4.79 Å². The van der Waals surface area contributed by atoms with Crippen molar-refractivity contribution in [3.63, 3.8) is 0 Å². The molecule has 0 aromatic rings. The molecule has 84 valence electrons. The predicted molar refractivity (Wildman–Crippen MR) is 55.9 cm³/mol. The van der Waals surface area contributed by atoms with Crippen LogP contribution in [0.1, 0.15) is 33.6 Å². The van der Waals surface area contributed by atoms with E-state index in [2.05, 4.69) is 6.92 Å². The maximum absolute atomic E-state index is 11.6. The van der Waals surface area contributed by atoms with Crippen LogP contribution in [0.5, 0.6) is 0 Å². The van der Waals surface area contributed by atoms with Crippen molar-refractivity contribution in [2.75, 3.05) is 13.1 Å². The first-order chi connectivity index (χ1) is 6.38.